The van der Waals surface area contributed by atoms with E-state index in [9.17, 15) is 4.79 Å². The summed E-state index contributed by atoms with van der Waals surface area (Å²) in [5.41, 5.74) is 3.20. The lowest BCUT2D eigenvalue weighted by atomic mass is 10.0. The number of azo groups is 1. The van der Waals surface area contributed by atoms with Gasteiger partial charge in [0.1, 0.15) is 0 Å². The van der Waals surface area contributed by atoms with Crippen LogP contribution in [-0.4, -0.2) is 11.1 Å². The van der Waals surface area contributed by atoms with Crippen LogP contribution in [0, 0.1) is 0 Å². The van der Waals surface area contributed by atoms with Gasteiger partial charge in [-0.25, -0.2) is 4.79 Å². The first-order valence-corrected chi connectivity index (χ1v) is 9.57. The van der Waals surface area contributed by atoms with Gasteiger partial charge in [-0.2, -0.15) is 10.2 Å². The number of rotatable bonds is 10. The van der Waals surface area contributed by atoms with E-state index < -0.39 is 5.97 Å². The third kappa shape index (κ3) is 11.7. The molecule has 5 heteroatoms. The molecule has 0 saturated heterocycles. The second kappa shape index (κ2) is 16.4. The molecule has 28 heavy (non-hydrogen) atoms. The van der Waals surface area contributed by atoms with Gasteiger partial charge in [0, 0.05) is 6.08 Å². The summed E-state index contributed by atoms with van der Waals surface area (Å²) >= 11 is 0. The predicted octanol–water partition coefficient (Wildman–Crippen LogP) is 7.41. The van der Waals surface area contributed by atoms with Gasteiger partial charge in [0.05, 0.1) is 11.4 Å². The topological polar surface area (TPSA) is 62.0 Å². The first-order chi connectivity index (χ1) is 13.2. The van der Waals surface area contributed by atoms with E-state index in [-0.39, 0.29) is 4.70 Å². The molecule has 0 heterocycles. The Morgan fingerprint density at radius 3 is 2.14 bits per heavy atom. The van der Waals surface area contributed by atoms with Crippen molar-refractivity contribution in [2.24, 2.45) is 10.2 Å². The maximum absolute atomic E-state index is 9.25. The highest BCUT2D eigenvalue weighted by molar-refractivity contribution is 5.78. The largest absolute Gasteiger partial charge is 0.478 e. The molecule has 0 radical (unpaired) electrons. The summed E-state index contributed by atoms with van der Waals surface area (Å²) in [6.45, 7) is 5.22. The highest BCUT2D eigenvalue weighted by Crippen LogP contribution is 2.24. The van der Waals surface area contributed by atoms with Crippen molar-refractivity contribution in [1.82, 2.24) is 0 Å². The van der Waals surface area contributed by atoms with Gasteiger partial charge < -0.3 is 5.11 Å². The Hall–Kier alpha value is -2.82. The van der Waals surface area contributed by atoms with E-state index in [1.807, 2.05) is 36.4 Å². The minimum Gasteiger partial charge on any atom is -0.478 e. The minimum atomic E-state index is -0.981. The fourth-order valence-electron chi connectivity index (χ4n) is 2.52. The average molecular weight is 387 g/mol. The lowest BCUT2D eigenvalue weighted by molar-refractivity contribution is -0.131. The molecule has 0 aliphatic rings. The molecular formula is C23H31FN2O2. The van der Waals surface area contributed by atoms with Crippen molar-refractivity contribution >= 4 is 17.3 Å². The van der Waals surface area contributed by atoms with Crippen LogP contribution in [0.4, 0.5) is 16.1 Å². The normalized spacial score (nSPS) is 9.89. The van der Waals surface area contributed by atoms with Gasteiger partial charge in [-0.1, -0.05) is 82.0 Å². The van der Waals surface area contributed by atoms with Gasteiger partial charge in [0.25, 0.3) is 0 Å². The van der Waals surface area contributed by atoms with Crippen LogP contribution < -0.4 is 0 Å². The van der Waals surface area contributed by atoms with Crippen molar-refractivity contribution in [3.8, 4) is 0 Å². The molecule has 0 saturated carbocycles. The fourth-order valence-corrected chi connectivity index (χ4v) is 2.52. The zero-order valence-electron chi connectivity index (χ0n) is 16.6. The maximum atomic E-state index is 9.25. The van der Waals surface area contributed by atoms with Crippen molar-refractivity contribution in [3.63, 3.8) is 0 Å². The minimum absolute atomic E-state index is 0. The summed E-state index contributed by atoms with van der Waals surface area (Å²) in [7, 11) is 0. The smallest absolute Gasteiger partial charge is 0.327 e. The van der Waals surface area contributed by atoms with Crippen molar-refractivity contribution in [3.05, 3.63) is 72.8 Å². The monoisotopic (exact) mass is 386 g/mol. The third-order valence-corrected chi connectivity index (χ3v) is 4.00. The number of halogens is 1. The molecule has 0 bridgehead atoms. The van der Waals surface area contributed by atoms with E-state index >= 15 is 0 Å². The van der Waals surface area contributed by atoms with Crippen molar-refractivity contribution in [2.45, 2.75) is 51.9 Å². The zero-order valence-corrected chi connectivity index (χ0v) is 16.6. The number of carboxylic acid groups (broad SMARTS) is 1. The van der Waals surface area contributed by atoms with E-state index in [1.54, 1.807) is 0 Å². The quantitative estimate of drug-likeness (QED) is 0.262. The van der Waals surface area contributed by atoms with E-state index in [1.165, 1.54) is 44.1 Å². The number of carbonyl (C=O) groups is 1. The van der Waals surface area contributed by atoms with E-state index in [4.69, 9.17) is 5.11 Å². The average Bonchev–Trinajstić information content (AvgIpc) is 2.71. The Labute approximate surface area is 167 Å². The molecule has 0 spiro atoms. The molecule has 0 unspecified atom stereocenters. The van der Waals surface area contributed by atoms with E-state index in [2.05, 4.69) is 41.9 Å². The first-order valence-electron chi connectivity index (χ1n) is 9.57. The molecule has 2 aromatic carbocycles. The fraction of sp³-hybridized carbons (Fsp3) is 0.348. The number of hydrogen-bond acceptors (Lipinski definition) is 3. The van der Waals surface area contributed by atoms with Crippen LogP contribution in [0.5, 0.6) is 0 Å². The molecular weight excluding hydrogens is 355 g/mol. The number of benzene rings is 2. The molecule has 0 aliphatic heterocycles. The summed E-state index contributed by atoms with van der Waals surface area (Å²) in [5.74, 6) is -0.981. The van der Waals surface area contributed by atoms with Crippen LogP contribution in [0.25, 0.3) is 0 Å². The number of unbranched alkanes of at least 4 members (excludes halogenated alkanes) is 5. The molecule has 0 fully saturated rings. The Morgan fingerprint density at radius 1 is 0.929 bits per heavy atom. The number of carboxylic acids is 1. The first kappa shape index (κ1) is 25.2. The Kier molecular flexibility index (Phi) is 14.7. The Morgan fingerprint density at radius 2 is 1.50 bits per heavy atom. The SMILES string of the molecule is C=CC(=O)O.CCCCCCCCc1ccccc1N=Nc1ccccc1.F. The standard InChI is InChI=1S/C20H26N2.C3H4O2.FH/c1-2-3-4-5-6-8-13-18-14-11-12-17-20(18)22-21-19-15-9-7-10-16-19;1-2-3(4)5;/h7,9-12,14-17H,2-6,8,13H2,1H3;2H,1H2,(H,4,5);1H. The Bertz CT molecular complexity index is 703. The number of aryl methyl sites for hydroxylation is 1. The van der Waals surface area contributed by atoms with Crippen LogP contribution in [0.1, 0.15) is 51.0 Å². The second-order valence-electron chi connectivity index (χ2n) is 6.22. The van der Waals surface area contributed by atoms with Crippen molar-refractivity contribution < 1.29 is 14.6 Å². The van der Waals surface area contributed by atoms with Gasteiger partial charge in [-0.15, -0.1) is 0 Å². The maximum Gasteiger partial charge on any atom is 0.327 e. The molecule has 0 aromatic heterocycles. The van der Waals surface area contributed by atoms with Gasteiger partial charge in [-0.05, 0) is 36.6 Å². The summed E-state index contributed by atoms with van der Waals surface area (Å²) < 4.78 is 0. The number of hydrogen-bond donors (Lipinski definition) is 1. The van der Waals surface area contributed by atoms with Gasteiger partial charge >= 0.3 is 5.97 Å². The van der Waals surface area contributed by atoms with E-state index in [0.29, 0.717) is 0 Å². The van der Waals surface area contributed by atoms with Gasteiger partial charge in [-0.3, -0.25) is 4.70 Å². The second-order valence-corrected chi connectivity index (χ2v) is 6.22. The summed E-state index contributed by atoms with van der Waals surface area (Å²) in [4.78, 5) is 9.25. The molecule has 152 valence electrons. The molecule has 1 N–H and O–H groups in total. The molecule has 0 aliphatic carbocycles. The van der Waals surface area contributed by atoms with Crippen LogP contribution in [-0.2, 0) is 11.2 Å². The van der Waals surface area contributed by atoms with Crippen LogP contribution in [0.2, 0.25) is 0 Å². The van der Waals surface area contributed by atoms with Crippen LogP contribution in [0.15, 0.2) is 77.5 Å². The van der Waals surface area contributed by atoms with Crippen molar-refractivity contribution in [1.29, 1.82) is 0 Å². The molecule has 0 amide bonds. The van der Waals surface area contributed by atoms with Gasteiger partial charge in [0.2, 0.25) is 0 Å². The summed E-state index contributed by atoms with van der Waals surface area (Å²) in [6.07, 6.45) is 9.86. The lowest BCUT2D eigenvalue weighted by Gasteiger charge is -2.05. The highest BCUT2D eigenvalue weighted by Gasteiger charge is 2.01. The number of nitrogens with zero attached hydrogens (tertiary/aromatic N) is 2. The lowest BCUT2D eigenvalue weighted by Crippen LogP contribution is -1.87. The molecule has 0 atom stereocenters. The summed E-state index contributed by atoms with van der Waals surface area (Å²) in [6, 6.07) is 18.3. The molecule has 2 aromatic rings. The van der Waals surface area contributed by atoms with Crippen LogP contribution in [0.3, 0.4) is 0 Å². The molecule has 4 nitrogen and oxygen atoms in total. The Balaban J connectivity index is 0.00000108. The number of aliphatic carboxylic acids is 1. The summed E-state index contributed by atoms with van der Waals surface area (Å²) in [5, 5.41) is 16.4. The zero-order chi connectivity index (χ0) is 19.7. The third-order valence-electron chi connectivity index (χ3n) is 4.00. The molecule has 2 rings (SSSR count). The highest BCUT2D eigenvalue weighted by atomic mass is 19.0. The van der Waals surface area contributed by atoms with Crippen molar-refractivity contribution in [2.75, 3.05) is 0 Å². The van der Waals surface area contributed by atoms with Gasteiger partial charge in [0.15, 0.2) is 0 Å². The predicted molar refractivity (Wildman–Crippen MR) is 114 cm³/mol. The van der Waals surface area contributed by atoms with Crippen LogP contribution >= 0.6 is 0 Å². The van der Waals surface area contributed by atoms with E-state index in [0.717, 1.165) is 23.9 Å².